The van der Waals surface area contributed by atoms with E-state index in [-0.39, 0.29) is 5.88 Å². The van der Waals surface area contributed by atoms with Crippen molar-refractivity contribution in [3.8, 4) is 5.88 Å². The summed E-state index contributed by atoms with van der Waals surface area (Å²) in [6.07, 6.45) is 3.53. The van der Waals surface area contributed by atoms with Crippen LogP contribution in [0.4, 0.5) is 0 Å². The van der Waals surface area contributed by atoms with Gasteiger partial charge >= 0.3 is 5.97 Å². The summed E-state index contributed by atoms with van der Waals surface area (Å²) in [5.74, 6) is -0.487. The molecule has 58 valence electrons. The van der Waals surface area contributed by atoms with E-state index in [0.717, 1.165) is 6.20 Å². The number of hydrogen-bond acceptors (Lipinski definition) is 4. The molecular formula is C6H6N2O3. The van der Waals surface area contributed by atoms with Crippen molar-refractivity contribution in [2.75, 3.05) is 0 Å². The van der Waals surface area contributed by atoms with Crippen molar-refractivity contribution < 1.29 is 14.3 Å². The number of carbonyl (C=O) groups excluding carboxylic acids is 1. The molecule has 0 aliphatic heterocycles. The van der Waals surface area contributed by atoms with Gasteiger partial charge in [-0.3, -0.25) is 4.79 Å². The van der Waals surface area contributed by atoms with Crippen molar-refractivity contribution in [3.63, 3.8) is 0 Å². The smallest absolute Gasteiger partial charge is 0.309 e. The topological polar surface area (TPSA) is 66.1 Å². The predicted octanol–water partition coefficient (Wildman–Crippen LogP) is -0.360. The fourth-order valence-corrected chi connectivity index (χ4v) is 0.558. The molecule has 0 aliphatic rings. The Kier molecular flexibility index (Phi) is 2.00. The zero-order valence-electron chi connectivity index (χ0n) is 5.85. The van der Waals surface area contributed by atoms with Gasteiger partial charge in [-0.05, 0) is 0 Å². The highest BCUT2D eigenvalue weighted by Crippen LogP contribution is 1.98. The van der Waals surface area contributed by atoms with Gasteiger partial charge in [0.1, 0.15) is 0 Å². The van der Waals surface area contributed by atoms with E-state index in [1.807, 2.05) is 0 Å². The summed E-state index contributed by atoms with van der Waals surface area (Å²) in [7, 11) is 0. The highest BCUT2D eigenvalue weighted by molar-refractivity contribution is 5.68. The minimum Gasteiger partial charge on any atom is -0.619 e. The molecule has 0 radical (unpaired) electrons. The van der Waals surface area contributed by atoms with Crippen LogP contribution >= 0.6 is 0 Å². The zero-order chi connectivity index (χ0) is 8.27. The molecule has 0 saturated carbocycles. The molecule has 0 spiro atoms. The maximum absolute atomic E-state index is 10.6. The molecule has 0 atom stereocenters. The van der Waals surface area contributed by atoms with Crippen molar-refractivity contribution in [2.24, 2.45) is 0 Å². The number of rotatable bonds is 1. The quantitative estimate of drug-likeness (QED) is 0.315. The molecule has 0 amide bonds. The lowest BCUT2D eigenvalue weighted by molar-refractivity contribution is -0.606. The van der Waals surface area contributed by atoms with E-state index >= 15 is 0 Å². The first kappa shape index (κ1) is 7.46. The largest absolute Gasteiger partial charge is 0.619 e. The molecule has 5 nitrogen and oxygen atoms in total. The Morgan fingerprint density at radius 2 is 2.55 bits per heavy atom. The summed E-state index contributed by atoms with van der Waals surface area (Å²) in [4.78, 5) is 14.0. The van der Waals surface area contributed by atoms with Gasteiger partial charge < -0.3 is 9.94 Å². The van der Waals surface area contributed by atoms with Crippen LogP contribution in [0.5, 0.6) is 5.88 Å². The molecule has 0 bridgehead atoms. The van der Waals surface area contributed by atoms with Gasteiger partial charge in [-0.1, -0.05) is 0 Å². The second kappa shape index (κ2) is 2.96. The molecular weight excluding hydrogens is 148 g/mol. The summed E-state index contributed by atoms with van der Waals surface area (Å²) in [6.45, 7) is 1.24. The van der Waals surface area contributed by atoms with E-state index in [1.54, 1.807) is 0 Å². The average molecular weight is 154 g/mol. The fourth-order valence-electron chi connectivity index (χ4n) is 0.558. The third-order valence-electron chi connectivity index (χ3n) is 0.901. The lowest BCUT2D eigenvalue weighted by Crippen LogP contribution is -2.25. The van der Waals surface area contributed by atoms with Gasteiger partial charge in [-0.25, -0.2) is 4.98 Å². The van der Waals surface area contributed by atoms with Crippen molar-refractivity contribution >= 4 is 5.97 Å². The molecule has 0 fully saturated rings. The lowest BCUT2D eigenvalue weighted by Gasteiger charge is -1.97. The van der Waals surface area contributed by atoms with Crippen LogP contribution in [0.2, 0.25) is 0 Å². The van der Waals surface area contributed by atoms with Crippen LogP contribution in [-0.4, -0.2) is 11.0 Å². The second-order valence-electron chi connectivity index (χ2n) is 1.85. The Morgan fingerprint density at radius 1 is 1.82 bits per heavy atom. The van der Waals surface area contributed by atoms with Gasteiger partial charge in [0.15, 0.2) is 6.20 Å². The standard InChI is InChI=1S/C6H6N2O3/c1-5(9)11-6-4-8(10)3-2-7-6/h2-4H,1H3. The zero-order valence-corrected chi connectivity index (χ0v) is 5.85. The molecule has 11 heavy (non-hydrogen) atoms. The maximum atomic E-state index is 10.6. The molecule has 0 aliphatic carbocycles. The van der Waals surface area contributed by atoms with Crippen LogP contribution in [0.15, 0.2) is 18.6 Å². The molecule has 1 aromatic rings. The van der Waals surface area contributed by atoms with E-state index in [2.05, 4.69) is 9.72 Å². The molecule has 1 rings (SSSR count). The van der Waals surface area contributed by atoms with Crippen molar-refractivity contribution in [2.45, 2.75) is 6.92 Å². The van der Waals surface area contributed by atoms with Gasteiger partial charge in [-0.2, -0.15) is 4.73 Å². The molecule has 0 unspecified atom stereocenters. The highest BCUT2D eigenvalue weighted by Gasteiger charge is 2.01. The van der Waals surface area contributed by atoms with E-state index in [0.29, 0.717) is 4.73 Å². The Balaban J connectivity index is 2.79. The number of esters is 1. The second-order valence-corrected chi connectivity index (χ2v) is 1.85. The molecule has 0 saturated heterocycles. The van der Waals surface area contributed by atoms with Gasteiger partial charge in [0.05, 0.1) is 6.20 Å². The summed E-state index contributed by atoms with van der Waals surface area (Å²) in [6, 6.07) is 0. The van der Waals surface area contributed by atoms with Crippen LogP contribution in [0, 0.1) is 5.21 Å². The number of carbonyl (C=O) groups is 1. The Hall–Kier alpha value is -1.65. The maximum Gasteiger partial charge on any atom is 0.309 e. The number of hydrogen-bond donors (Lipinski definition) is 0. The SMILES string of the molecule is CC(=O)Oc1c[n+]([O-])ccn1. The van der Waals surface area contributed by atoms with Crippen LogP contribution in [-0.2, 0) is 4.79 Å². The van der Waals surface area contributed by atoms with Gasteiger partial charge in [0.2, 0.25) is 6.20 Å². The summed E-state index contributed by atoms with van der Waals surface area (Å²) in [5.41, 5.74) is 0. The number of nitrogens with zero attached hydrogens (tertiary/aromatic N) is 2. The summed E-state index contributed by atoms with van der Waals surface area (Å²) >= 11 is 0. The van der Waals surface area contributed by atoms with Crippen LogP contribution in [0.25, 0.3) is 0 Å². The first-order valence-electron chi connectivity index (χ1n) is 2.92. The predicted molar refractivity (Wildman–Crippen MR) is 34.5 cm³/mol. The van der Waals surface area contributed by atoms with Crippen molar-refractivity contribution in [3.05, 3.63) is 23.8 Å². The molecule has 5 heteroatoms. The first-order chi connectivity index (χ1) is 5.18. The minimum atomic E-state index is -0.497. The van der Waals surface area contributed by atoms with E-state index in [4.69, 9.17) is 0 Å². The van der Waals surface area contributed by atoms with Gasteiger partial charge in [0.25, 0.3) is 5.88 Å². The normalized spacial score (nSPS) is 9.18. The molecule has 0 aromatic carbocycles. The molecule has 0 N–H and O–H groups in total. The number of aromatic nitrogens is 2. The first-order valence-corrected chi connectivity index (χ1v) is 2.92. The summed E-state index contributed by atoms with van der Waals surface area (Å²) < 4.78 is 5.03. The third-order valence-corrected chi connectivity index (χ3v) is 0.901. The van der Waals surface area contributed by atoms with Crippen molar-refractivity contribution in [1.82, 2.24) is 4.98 Å². The van der Waals surface area contributed by atoms with E-state index in [9.17, 15) is 10.0 Å². The number of ether oxygens (including phenoxy) is 1. The van der Waals surface area contributed by atoms with Crippen molar-refractivity contribution in [1.29, 1.82) is 0 Å². The monoisotopic (exact) mass is 154 g/mol. The van der Waals surface area contributed by atoms with Crippen LogP contribution in [0.1, 0.15) is 6.92 Å². The third kappa shape index (κ3) is 2.21. The van der Waals surface area contributed by atoms with E-state index < -0.39 is 5.97 Å². The van der Waals surface area contributed by atoms with Crippen LogP contribution < -0.4 is 9.47 Å². The molecule has 1 heterocycles. The average Bonchev–Trinajstić information content (AvgIpc) is 1.85. The van der Waals surface area contributed by atoms with Gasteiger partial charge in [-0.15, -0.1) is 0 Å². The summed E-state index contributed by atoms with van der Waals surface area (Å²) in [5, 5.41) is 10.6. The fraction of sp³-hybridized carbons (Fsp3) is 0.167. The molecule has 1 aromatic heterocycles. The lowest BCUT2D eigenvalue weighted by atomic mass is 10.7. The Morgan fingerprint density at radius 3 is 3.09 bits per heavy atom. The van der Waals surface area contributed by atoms with Crippen LogP contribution in [0.3, 0.4) is 0 Å². The highest BCUT2D eigenvalue weighted by atomic mass is 16.5. The Bertz CT molecular complexity index is 274. The van der Waals surface area contributed by atoms with E-state index in [1.165, 1.54) is 19.3 Å². The Labute approximate surface area is 62.8 Å². The van der Waals surface area contributed by atoms with Gasteiger partial charge in [0, 0.05) is 6.92 Å². The minimum absolute atomic E-state index is 0.00926.